The van der Waals surface area contributed by atoms with Crippen LogP contribution in [-0.4, -0.2) is 73.5 Å². The van der Waals surface area contributed by atoms with Crippen LogP contribution >= 0.6 is 0 Å². The van der Waals surface area contributed by atoms with Gasteiger partial charge >= 0.3 is 5.97 Å². The number of benzene rings is 2. The number of aliphatic carboxylic acids is 1. The van der Waals surface area contributed by atoms with Gasteiger partial charge in [0.15, 0.2) is 5.75 Å². The molecule has 0 spiro atoms. The fourth-order valence-corrected chi connectivity index (χ4v) is 5.42. The molecule has 214 valence electrons. The second-order valence-corrected chi connectivity index (χ2v) is 11.1. The highest BCUT2D eigenvalue weighted by Crippen LogP contribution is 2.30. The number of sulfonamides is 1. The van der Waals surface area contributed by atoms with Crippen LogP contribution in [0.25, 0.3) is 6.08 Å². The van der Waals surface area contributed by atoms with Crippen molar-refractivity contribution in [3.63, 3.8) is 0 Å². The number of carbonyl (C=O) groups excluding carboxylic acids is 1. The lowest BCUT2D eigenvalue weighted by molar-refractivity contribution is -0.134. The number of rotatable bonds is 11. The molecule has 1 aliphatic heterocycles. The van der Waals surface area contributed by atoms with Gasteiger partial charge in [-0.25, -0.2) is 12.8 Å². The van der Waals surface area contributed by atoms with Crippen LogP contribution in [0.1, 0.15) is 41.3 Å². The Kier molecular flexibility index (Phi) is 9.47. The number of hydrogen-bond acceptors (Lipinski definition) is 7. The lowest BCUT2D eigenvalue weighted by Crippen LogP contribution is -2.40. The van der Waals surface area contributed by atoms with Crippen molar-refractivity contribution >= 4 is 45.3 Å². The number of halogens is 1. The van der Waals surface area contributed by atoms with E-state index in [4.69, 9.17) is 32.1 Å². The molecule has 0 saturated carbocycles. The molecule has 1 saturated heterocycles. The van der Waals surface area contributed by atoms with Gasteiger partial charge in [0, 0.05) is 31.5 Å². The first kappa shape index (κ1) is 30.1. The van der Waals surface area contributed by atoms with E-state index in [2.05, 4.69) is 0 Å². The van der Waals surface area contributed by atoms with Crippen molar-refractivity contribution in [1.82, 2.24) is 4.90 Å². The fourth-order valence-electron chi connectivity index (χ4n) is 4.20. The van der Waals surface area contributed by atoms with Gasteiger partial charge in [-0.05, 0) is 42.8 Å². The number of carboxylic acids is 1. The number of nitrogen functional groups attached to an aromatic ring is 1. The number of carboxylic acid groups (broad SMARTS) is 1. The maximum absolute atomic E-state index is 15.1. The van der Waals surface area contributed by atoms with Crippen LogP contribution in [0.15, 0.2) is 48.3 Å². The van der Waals surface area contributed by atoms with Crippen molar-refractivity contribution in [3.8, 4) is 5.75 Å². The first-order chi connectivity index (χ1) is 18.8. The standard InChI is InChI=1S/C26H31FN6O6S/c1-16(28)32-9-7-21(8-10-32)39-23-6-5-20(13-22(23)26(31)36)33(40(37,38)15-24(34)35)14-19(27)12-17-3-2-4-18(11-17)25(29)30/h2-6,11-13,21,28H,7-10,14-15H2,1H3,(H3,29,30)(H2,31,36)(H,34,35). The summed E-state index contributed by atoms with van der Waals surface area (Å²) in [5.41, 5.74) is 11.3. The van der Waals surface area contributed by atoms with E-state index in [9.17, 15) is 18.0 Å². The van der Waals surface area contributed by atoms with Crippen molar-refractivity contribution < 1.29 is 32.2 Å². The number of carbonyl (C=O) groups is 2. The Morgan fingerprint density at radius 1 is 1.18 bits per heavy atom. The molecule has 0 radical (unpaired) electrons. The lowest BCUT2D eigenvalue weighted by Gasteiger charge is -2.33. The van der Waals surface area contributed by atoms with E-state index in [0.29, 0.717) is 47.2 Å². The Balaban J connectivity index is 1.94. The van der Waals surface area contributed by atoms with Crippen LogP contribution in [-0.2, 0) is 14.8 Å². The van der Waals surface area contributed by atoms with E-state index in [0.717, 1.165) is 12.1 Å². The number of anilines is 1. The summed E-state index contributed by atoms with van der Waals surface area (Å²) in [4.78, 5) is 25.5. The maximum Gasteiger partial charge on any atom is 0.320 e. The SMILES string of the molecule is CC(=N)N1CCC(Oc2ccc(N(CC(F)=Cc3cccc(C(=N)N)c3)S(=O)(=O)CC(=O)O)cc2C(N)=O)CC1. The molecule has 0 aromatic heterocycles. The van der Waals surface area contributed by atoms with E-state index in [1.54, 1.807) is 19.1 Å². The van der Waals surface area contributed by atoms with Gasteiger partial charge in [0.05, 0.1) is 23.6 Å². The largest absolute Gasteiger partial charge is 0.489 e. The van der Waals surface area contributed by atoms with E-state index < -0.39 is 40.0 Å². The van der Waals surface area contributed by atoms with Gasteiger partial charge in [0.25, 0.3) is 5.91 Å². The van der Waals surface area contributed by atoms with E-state index in [-0.39, 0.29) is 28.9 Å². The molecule has 7 N–H and O–H groups in total. The monoisotopic (exact) mass is 574 g/mol. The summed E-state index contributed by atoms with van der Waals surface area (Å²) in [7, 11) is -4.60. The third-order valence-electron chi connectivity index (χ3n) is 6.18. The summed E-state index contributed by atoms with van der Waals surface area (Å²) in [5, 5.41) is 24.4. The molecular formula is C26H31FN6O6S. The molecular weight excluding hydrogens is 543 g/mol. The molecule has 0 atom stereocenters. The maximum atomic E-state index is 15.1. The van der Waals surface area contributed by atoms with Crippen LogP contribution in [0.3, 0.4) is 0 Å². The first-order valence-corrected chi connectivity index (χ1v) is 13.8. The zero-order valence-corrected chi connectivity index (χ0v) is 22.6. The van der Waals surface area contributed by atoms with Gasteiger partial charge < -0.3 is 26.2 Å². The summed E-state index contributed by atoms with van der Waals surface area (Å²) in [6.07, 6.45) is 1.91. The average molecular weight is 575 g/mol. The number of ether oxygens (including phenoxy) is 1. The van der Waals surface area contributed by atoms with Gasteiger partial charge in [-0.1, -0.05) is 18.2 Å². The van der Waals surface area contributed by atoms with E-state index in [1.807, 2.05) is 4.90 Å². The Bertz CT molecular complexity index is 1450. The predicted octanol–water partition coefficient (Wildman–Crippen LogP) is 2.14. The molecule has 2 aromatic rings. The number of primary amides is 1. The highest BCUT2D eigenvalue weighted by Gasteiger charge is 2.29. The molecule has 0 unspecified atom stereocenters. The summed E-state index contributed by atoms with van der Waals surface area (Å²) < 4.78 is 47.6. The third kappa shape index (κ3) is 7.79. The topological polar surface area (TPSA) is 204 Å². The second-order valence-electron chi connectivity index (χ2n) is 9.22. The quantitative estimate of drug-likeness (QED) is 0.198. The third-order valence-corrected chi connectivity index (χ3v) is 7.81. The van der Waals surface area contributed by atoms with Crippen molar-refractivity contribution in [1.29, 1.82) is 10.8 Å². The highest BCUT2D eigenvalue weighted by atomic mass is 32.2. The molecule has 1 aliphatic rings. The Morgan fingerprint density at radius 3 is 2.42 bits per heavy atom. The summed E-state index contributed by atoms with van der Waals surface area (Å²) in [6, 6.07) is 9.79. The molecule has 1 fully saturated rings. The van der Waals surface area contributed by atoms with Gasteiger partial charge in [-0.15, -0.1) is 0 Å². The number of likely N-dealkylation sites (tertiary alicyclic amines) is 1. The van der Waals surface area contributed by atoms with Gasteiger partial charge in [0.2, 0.25) is 10.0 Å². The van der Waals surface area contributed by atoms with Gasteiger partial charge in [-0.2, -0.15) is 0 Å². The zero-order chi connectivity index (χ0) is 29.6. The summed E-state index contributed by atoms with van der Waals surface area (Å²) in [6.45, 7) is 1.99. The molecule has 0 bridgehead atoms. The van der Waals surface area contributed by atoms with Crippen molar-refractivity contribution in [2.24, 2.45) is 11.5 Å². The molecule has 0 aliphatic carbocycles. The van der Waals surface area contributed by atoms with Crippen LogP contribution < -0.4 is 20.5 Å². The Hall–Kier alpha value is -4.46. The molecule has 2 aromatic carbocycles. The normalized spacial score (nSPS) is 14.4. The van der Waals surface area contributed by atoms with Crippen molar-refractivity contribution in [2.75, 3.05) is 29.7 Å². The van der Waals surface area contributed by atoms with Crippen molar-refractivity contribution in [2.45, 2.75) is 25.9 Å². The minimum Gasteiger partial charge on any atom is -0.489 e. The van der Waals surface area contributed by atoms with Crippen LogP contribution in [0.4, 0.5) is 10.1 Å². The minimum absolute atomic E-state index is 0.105. The highest BCUT2D eigenvalue weighted by molar-refractivity contribution is 7.93. The molecule has 14 heteroatoms. The number of nitrogens with two attached hydrogens (primary N) is 2. The number of nitrogens with zero attached hydrogens (tertiary/aromatic N) is 2. The summed E-state index contributed by atoms with van der Waals surface area (Å²) in [5.74, 6) is -4.52. The average Bonchev–Trinajstić information content (AvgIpc) is 2.87. The lowest BCUT2D eigenvalue weighted by atomic mass is 10.1. The van der Waals surface area contributed by atoms with E-state index >= 15 is 4.39 Å². The van der Waals surface area contributed by atoms with Gasteiger partial charge in [-0.3, -0.25) is 24.7 Å². The fraction of sp³-hybridized carbons (Fsp3) is 0.308. The molecule has 1 amide bonds. The van der Waals surface area contributed by atoms with Crippen LogP contribution in [0.5, 0.6) is 5.75 Å². The van der Waals surface area contributed by atoms with E-state index in [1.165, 1.54) is 24.3 Å². The number of amides is 1. The number of amidine groups is 2. The smallest absolute Gasteiger partial charge is 0.320 e. The van der Waals surface area contributed by atoms with Crippen LogP contribution in [0.2, 0.25) is 0 Å². The Morgan fingerprint density at radius 2 is 1.85 bits per heavy atom. The molecule has 1 heterocycles. The molecule has 12 nitrogen and oxygen atoms in total. The predicted molar refractivity (Wildman–Crippen MR) is 149 cm³/mol. The van der Waals surface area contributed by atoms with Gasteiger partial charge in [0.1, 0.15) is 23.5 Å². The number of piperidine rings is 1. The zero-order valence-electron chi connectivity index (χ0n) is 21.8. The number of nitrogens with one attached hydrogen (secondary N) is 2. The molecule has 3 rings (SSSR count). The minimum atomic E-state index is -4.60. The van der Waals surface area contributed by atoms with Crippen LogP contribution in [0, 0.1) is 10.8 Å². The second kappa shape index (κ2) is 12.6. The van der Waals surface area contributed by atoms with Crippen molar-refractivity contribution in [3.05, 3.63) is 65.0 Å². The summed E-state index contributed by atoms with van der Waals surface area (Å²) >= 11 is 0. The number of hydrogen-bond donors (Lipinski definition) is 5. The first-order valence-electron chi connectivity index (χ1n) is 12.2. The molecule has 40 heavy (non-hydrogen) atoms. The Labute approximate surface area is 231 Å².